The number of hydrogen-bond acceptors (Lipinski definition) is 3. The lowest BCUT2D eigenvalue weighted by Gasteiger charge is -2.10. The molecule has 3 nitrogen and oxygen atoms in total. The maximum atomic E-state index is 5.84. The van der Waals surface area contributed by atoms with Gasteiger partial charge in [-0.1, -0.05) is 11.6 Å². The van der Waals surface area contributed by atoms with Crippen molar-refractivity contribution >= 4 is 17.3 Å². The number of methoxy groups -OCH3 is 1. The molecule has 0 saturated heterocycles. The zero-order valence-corrected chi connectivity index (χ0v) is 8.48. The van der Waals surface area contributed by atoms with Crippen LogP contribution in [0.25, 0.3) is 0 Å². The summed E-state index contributed by atoms with van der Waals surface area (Å²) in [4.78, 5) is 0. The van der Waals surface area contributed by atoms with Crippen LogP contribution in [0.5, 0.6) is 5.75 Å². The molecular weight excluding hydrogens is 188 g/mol. The van der Waals surface area contributed by atoms with Crippen molar-refractivity contribution in [1.82, 2.24) is 5.32 Å². The lowest BCUT2D eigenvalue weighted by Crippen LogP contribution is -2.17. The number of hydrogen-bond donors (Lipinski definition) is 2. The first-order valence-corrected chi connectivity index (χ1v) is 4.37. The lowest BCUT2D eigenvalue weighted by atomic mass is 10.3. The van der Waals surface area contributed by atoms with Crippen molar-refractivity contribution in [2.45, 2.75) is 0 Å². The third-order valence-corrected chi connectivity index (χ3v) is 1.85. The molecule has 0 aromatic heterocycles. The summed E-state index contributed by atoms with van der Waals surface area (Å²) < 4.78 is 5.15. The van der Waals surface area contributed by atoms with Crippen molar-refractivity contribution in [1.29, 1.82) is 0 Å². The quantitative estimate of drug-likeness (QED) is 0.729. The van der Waals surface area contributed by atoms with Gasteiger partial charge in [-0.05, 0) is 25.2 Å². The molecule has 0 aliphatic rings. The fraction of sp³-hybridized carbons (Fsp3) is 0.333. The predicted molar refractivity (Wildman–Crippen MR) is 55.6 cm³/mol. The van der Waals surface area contributed by atoms with Crippen LogP contribution in [0.15, 0.2) is 18.2 Å². The van der Waals surface area contributed by atoms with Gasteiger partial charge in [0.1, 0.15) is 5.75 Å². The number of anilines is 1. The van der Waals surface area contributed by atoms with E-state index in [0.29, 0.717) is 11.7 Å². The largest absolute Gasteiger partial charge is 0.495 e. The topological polar surface area (TPSA) is 33.3 Å². The van der Waals surface area contributed by atoms with Crippen LogP contribution in [0, 0.1) is 0 Å². The van der Waals surface area contributed by atoms with Crippen LogP contribution < -0.4 is 15.4 Å². The molecule has 0 spiro atoms. The highest BCUT2D eigenvalue weighted by molar-refractivity contribution is 6.30. The monoisotopic (exact) mass is 200 g/mol. The molecule has 1 aromatic carbocycles. The summed E-state index contributed by atoms with van der Waals surface area (Å²) in [5.74, 6) is 0.791. The molecule has 0 fully saturated rings. The fourth-order valence-corrected chi connectivity index (χ4v) is 1.17. The molecule has 0 bridgehead atoms. The Hall–Kier alpha value is -0.930. The third kappa shape index (κ3) is 2.79. The highest BCUT2D eigenvalue weighted by Crippen LogP contribution is 2.27. The van der Waals surface area contributed by atoms with E-state index in [9.17, 15) is 0 Å². The van der Waals surface area contributed by atoms with Crippen LogP contribution in [0.2, 0.25) is 5.02 Å². The van der Waals surface area contributed by atoms with Crippen molar-refractivity contribution in [3.63, 3.8) is 0 Å². The first-order chi connectivity index (χ1) is 6.27. The van der Waals surface area contributed by atoms with Gasteiger partial charge in [0.2, 0.25) is 0 Å². The van der Waals surface area contributed by atoms with Crippen molar-refractivity contribution in [3.8, 4) is 5.75 Å². The molecule has 1 aromatic rings. The van der Waals surface area contributed by atoms with Crippen LogP contribution in [-0.2, 0) is 0 Å². The van der Waals surface area contributed by atoms with Gasteiger partial charge in [0.15, 0.2) is 0 Å². The molecule has 0 amide bonds. The maximum Gasteiger partial charge on any atom is 0.142 e. The molecule has 0 heterocycles. The third-order valence-electron chi connectivity index (χ3n) is 1.62. The average molecular weight is 201 g/mol. The second kappa shape index (κ2) is 4.94. The second-order valence-electron chi connectivity index (χ2n) is 2.55. The minimum atomic E-state index is 0.677. The first kappa shape index (κ1) is 10.2. The van der Waals surface area contributed by atoms with E-state index in [2.05, 4.69) is 10.6 Å². The number of halogens is 1. The van der Waals surface area contributed by atoms with E-state index < -0.39 is 0 Å². The van der Waals surface area contributed by atoms with Crippen LogP contribution >= 0.6 is 11.6 Å². The van der Waals surface area contributed by atoms with Crippen molar-refractivity contribution in [3.05, 3.63) is 23.2 Å². The van der Waals surface area contributed by atoms with Gasteiger partial charge in [0.25, 0.3) is 0 Å². The average Bonchev–Trinajstić information content (AvgIpc) is 2.15. The van der Waals surface area contributed by atoms with E-state index in [0.717, 1.165) is 11.4 Å². The number of ether oxygens (including phenoxy) is 1. The Labute approximate surface area is 83.0 Å². The zero-order chi connectivity index (χ0) is 9.68. The van der Waals surface area contributed by atoms with Gasteiger partial charge in [0.05, 0.1) is 19.5 Å². The molecule has 0 radical (unpaired) electrons. The predicted octanol–water partition coefficient (Wildman–Crippen LogP) is 1.94. The highest BCUT2D eigenvalue weighted by atomic mass is 35.5. The summed E-state index contributed by atoms with van der Waals surface area (Å²) >= 11 is 5.84. The Kier molecular flexibility index (Phi) is 3.86. The van der Waals surface area contributed by atoms with Crippen LogP contribution in [0.3, 0.4) is 0 Å². The first-order valence-electron chi connectivity index (χ1n) is 4.00. The Balaban J connectivity index is 2.81. The van der Waals surface area contributed by atoms with Gasteiger partial charge in [-0.2, -0.15) is 0 Å². The Morgan fingerprint density at radius 1 is 1.46 bits per heavy atom. The maximum absolute atomic E-state index is 5.84. The molecular formula is C9H13ClN2O. The molecule has 0 unspecified atom stereocenters. The smallest absolute Gasteiger partial charge is 0.142 e. The van der Waals surface area contributed by atoms with Gasteiger partial charge in [0, 0.05) is 5.02 Å². The van der Waals surface area contributed by atoms with Crippen LogP contribution in [0.4, 0.5) is 5.69 Å². The molecule has 0 aliphatic carbocycles. The molecule has 0 saturated carbocycles. The standard InChI is InChI=1S/C9H13ClN2O/c1-11-6-12-8-5-7(10)3-4-9(8)13-2/h3-5,11-12H,6H2,1-2H3. The van der Waals surface area contributed by atoms with E-state index >= 15 is 0 Å². The molecule has 4 heteroatoms. The summed E-state index contributed by atoms with van der Waals surface area (Å²) in [5.41, 5.74) is 0.893. The second-order valence-corrected chi connectivity index (χ2v) is 2.99. The van der Waals surface area contributed by atoms with Crippen molar-refractivity contribution in [2.24, 2.45) is 0 Å². The van der Waals surface area contributed by atoms with Gasteiger partial charge in [-0.3, -0.25) is 0 Å². The number of rotatable bonds is 4. The molecule has 1 rings (SSSR count). The molecule has 72 valence electrons. The minimum absolute atomic E-state index is 0.677. The minimum Gasteiger partial charge on any atom is -0.495 e. The summed E-state index contributed by atoms with van der Waals surface area (Å²) in [7, 11) is 3.50. The van der Waals surface area contributed by atoms with Crippen molar-refractivity contribution < 1.29 is 4.74 Å². The normalized spacial score (nSPS) is 9.77. The van der Waals surface area contributed by atoms with Gasteiger partial charge in [-0.25, -0.2) is 0 Å². The van der Waals surface area contributed by atoms with Crippen molar-refractivity contribution in [2.75, 3.05) is 26.1 Å². The SMILES string of the molecule is CNCNc1cc(Cl)ccc1OC. The summed E-state index contributed by atoms with van der Waals surface area (Å²) in [6.07, 6.45) is 0. The van der Waals surface area contributed by atoms with E-state index in [1.807, 2.05) is 19.2 Å². The summed E-state index contributed by atoms with van der Waals surface area (Å²) in [6, 6.07) is 5.46. The molecule has 0 atom stereocenters. The molecule has 2 N–H and O–H groups in total. The highest BCUT2D eigenvalue weighted by Gasteiger charge is 2.01. The fourth-order valence-electron chi connectivity index (χ4n) is 1.00. The Bertz CT molecular complexity index is 278. The Morgan fingerprint density at radius 2 is 2.23 bits per heavy atom. The van der Waals surface area contributed by atoms with E-state index in [1.54, 1.807) is 13.2 Å². The van der Waals surface area contributed by atoms with Gasteiger partial charge in [-0.15, -0.1) is 0 Å². The van der Waals surface area contributed by atoms with E-state index in [1.165, 1.54) is 0 Å². The zero-order valence-electron chi connectivity index (χ0n) is 7.73. The lowest BCUT2D eigenvalue weighted by molar-refractivity contribution is 0.416. The van der Waals surface area contributed by atoms with E-state index in [-0.39, 0.29) is 0 Å². The molecule has 13 heavy (non-hydrogen) atoms. The summed E-state index contributed by atoms with van der Waals surface area (Å²) in [6.45, 7) is 0.677. The molecule has 0 aliphatic heterocycles. The number of nitrogens with one attached hydrogen (secondary N) is 2. The Morgan fingerprint density at radius 3 is 2.85 bits per heavy atom. The van der Waals surface area contributed by atoms with Crippen LogP contribution in [-0.4, -0.2) is 20.8 Å². The van der Waals surface area contributed by atoms with Gasteiger partial charge < -0.3 is 15.4 Å². The summed E-state index contributed by atoms with van der Waals surface area (Å²) in [5, 5.41) is 6.81. The van der Waals surface area contributed by atoms with Gasteiger partial charge >= 0.3 is 0 Å². The van der Waals surface area contributed by atoms with E-state index in [4.69, 9.17) is 16.3 Å². The number of benzene rings is 1. The van der Waals surface area contributed by atoms with Crippen LogP contribution in [0.1, 0.15) is 0 Å².